The van der Waals surface area contributed by atoms with Gasteiger partial charge in [0, 0.05) is 79.4 Å². The number of pyridine rings is 5. The van der Waals surface area contributed by atoms with Crippen LogP contribution >= 0.6 is 0 Å². The van der Waals surface area contributed by atoms with Crippen LogP contribution in [0.4, 0.5) is 0 Å². The van der Waals surface area contributed by atoms with Crippen LogP contribution in [0, 0.1) is 0 Å². The monoisotopic (exact) mass is 752 g/mol. The lowest BCUT2D eigenvalue weighted by atomic mass is 9.96. The summed E-state index contributed by atoms with van der Waals surface area (Å²) in [6.45, 7) is 0. The van der Waals surface area contributed by atoms with Crippen molar-refractivity contribution in [1.82, 2.24) is 29.5 Å². The molecule has 0 bridgehead atoms. The Morgan fingerprint density at radius 3 is 1.64 bits per heavy atom. The summed E-state index contributed by atoms with van der Waals surface area (Å²) in [5.41, 5.74) is 10.8. The molecule has 0 radical (unpaired) electrons. The summed E-state index contributed by atoms with van der Waals surface area (Å²) >= 11 is 0. The largest absolute Gasteiger partial charge is 0.293 e. The highest BCUT2D eigenvalue weighted by Gasteiger charge is 2.20. The van der Waals surface area contributed by atoms with Gasteiger partial charge in [0.15, 0.2) is 0 Å². The molecule has 0 amide bonds. The molecule has 6 aromatic heterocycles. The van der Waals surface area contributed by atoms with E-state index < -0.39 is 0 Å². The maximum atomic E-state index is 5.23. The van der Waals surface area contributed by atoms with E-state index in [0.29, 0.717) is 0 Å². The Balaban J connectivity index is 1.06. The summed E-state index contributed by atoms with van der Waals surface area (Å²) < 4.78 is 2.32. The smallest absolute Gasteiger partial charge is 0.138 e. The van der Waals surface area contributed by atoms with E-state index in [1.54, 1.807) is 0 Å². The van der Waals surface area contributed by atoms with Crippen molar-refractivity contribution in [2.45, 2.75) is 0 Å². The zero-order valence-electron chi connectivity index (χ0n) is 31.7. The van der Waals surface area contributed by atoms with E-state index in [9.17, 15) is 0 Å². The summed E-state index contributed by atoms with van der Waals surface area (Å²) in [5.74, 6) is 0.865. The van der Waals surface area contributed by atoms with Gasteiger partial charge < -0.3 is 0 Å². The first-order chi connectivity index (χ1) is 29.2. The fourth-order valence-corrected chi connectivity index (χ4v) is 8.76. The van der Waals surface area contributed by atoms with Gasteiger partial charge in [-0.3, -0.25) is 24.5 Å². The molecule has 6 aromatic carbocycles. The zero-order chi connectivity index (χ0) is 38.9. The van der Waals surface area contributed by atoms with Crippen molar-refractivity contribution in [1.29, 1.82) is 0 Å². The molecule has 0 saturated carbocycles. The maximum absolute atomic E-state index is 5.23. The topological polar surface area (TPSA) is 69.4 Å². The number of aromatic nitrogens is 6. The van der Waals surface area contributed by atoms with E-state index in [4.69, 9.17) is 24.9 Å². The Kier molecular flexibility index (Phi) is 7.43. The van der Waals surface area contributed by atoms with Gasteiger partial charge in [-0.25, -0.2) is 4.98 Å². The van der Waals surface area contributed by atoms with Crippen molar-refractivity contribution in [3.05, 3.63) is 195 Å². The molecule has 12 aromatic rings. The average Bonchev–Trinajstić information content (AvgIpc) is 3.64. The van der Waals surface area contributed by atoms with Gasteiger partial charge in [0.25, 0.3) is 0 Å². The molecule has 0 aliphatic heterocycles. The van der Waals surface area contributed by atoms with Crippen LogP contribution in [0.3, 0.4) is 0 Å². The lowest BCUT2D eigenvalue weighted by Crippen LogP contribution is -1.98. The lowest BCUT2D eigenvalue weighted by Gasteiger charge is -2.13. The molecule has 0 fully saturated rings. The van der Waals surface area contributed by atoms with E-state index in [0.717, 1.165) is 116 Å². The van der Waals surface area contributed by atoms with Crippen molar-refractivity contribution in [3.8, 4) is 50.8 Å². The van der Waals surface area contributed by atoms with E-state index in [1.807, 2.05) is 43.0 Å². The molecule has 6 heteroatoms. The van der Waals surface area contributed by atoms with Crippen LogP contribution in [0.1, 0.15) is 0 Å². The Morgan fingerprint density at radius 2 is 0.966 bits per heavy atom. The molecule has 274 valence electrons. The lowest BCUT2D eigenvalue weighted by molar-refractivity contribution is 1.11. The number of fused-ring (bicyclic) bond motifs is 8. The first-order valence-electron chi connectivity index (χ1n) is 19.7. The van der Waals surface area contributed by atoms with E-state index >= 15 is 0 Å². The molecule has 0 spiro atoms. The summed E-state index contributed by atoms with van der Waals surface area (Å²) in [4.78, 5) is 24.9. The van der Waals surface area contributed by atoms with E-state index in [-0.39, 0.29) is 0 Å². The molecule has 0 aliphatic rings. The third-order valence-corrected chi connectivity index (χ3v) is 11.6. The minimum Gasteiger partial charge on any atom is -0.293 e. The number of rotatable bonds is 5. The van der Waals surface area contributed by atoms with Crippen molar-refractivity contribution in [2.75, 3.05) is 0 Å². The summed E-state index contributed by atoms with van der Waals surface area (Å²) in [6, 6.07) is 59.4. The van der Waals surface area contributed by atoms with Gasteiger partial charge in [-0.2, -0.15) is 0 Å². The molecule has 0 atom stereocenters. The number of nitrogens with zero attached hydrogens (tertiary/aromatic N) is 6. The molecular formula is C53H32N6. The van der Waals surface area contributed by atoms with Gasteiger partial charge >= 0.3 is 0 Å². The molecule has 6 heterocycles. The first kappa shape index (κ1) is 33.1. The number of para-hydroxylation sites is 1. The Morgan fingerprint density at radius 1 is 0.373 bits per heavy atom. The highest BCUT2D eigenvalue weighted by atomic mass is 15.1. The van der Waals surface area contributed by atoms with Crippen LogP contribution in [0.5, 0.6) is 0 Å². The van der Waals surface area contributed by atoms with Crippen LogP contribution in [0.2, 0.25) is 0 Å². The number of hydrogen-bond donors (Lipinski definition) is 0. The Bertz CT molecular complexity index is 3600. The second kappa shape index (κ2) is 13.3. The molecule has 6 nitrogen and oxygen atoms in total. The van der Waals surface area contributed by atoms with Crippen LogP contribution < -0.4 is 0 Å². The summed E-state index contributed by atoms with van der Waals surface area (Å²) in [7, 11) is 0. The molecule has 0 unspecified atom stereocenters. The van der Waals surface area contributed by atoms with Crippen molar-refractivity contribution in [3.63, 3.8) is 0 Å². The molecule has 0 saturated heterocycles. The summed E-state index contributed by atoms with van der Waals surface area (Å²) in [6.07, 6.45) is 7.62. The van der Waals surface area contributed by atoms with Gasteiger partial charge in [0.2, 0.25) is 0 Å². The van der Waals surface area contributed by atoms with E-state index in [1.165, 1.54) is 0 Å². The predicted molar refractivity (Wildman–Crippen MR) is 242 cm³/mol. The highest BCUT2D eigenvalue weighted by Crippen LogP contribution is 2.42. The minimum atomic E-state index is 0.865. The SMILES string of the molecule is c1ccc2nc(-n3c4ccc(-c5ccc(-c6nccc7ccccc67)cn5)cc4c4cc(-c5ccc(-c6nccc7ccccc67)cn5)c5ccccc5c43)ccc2c1. The molecule has 0 N–H and O–H groups in total. The fourth-order valence-electron chi connectivity index (χ4n) is 8.76. The van der Waals surface area contributed by atoms with Crippen molar-refractivity contribution < 1.29 is 0 Å². The third kappa shape index (κ3) is 5.38. The van der Waals surface area contributed by atoms with Crippen LogP contribution in [0.15, 0.2) is 195 Å². The number of hydrogen-bond acceptors (Lipinski definition) is 5. The van der Waals surface area contributed by atoms with Gasteiger partial charge in [-0.1, -0.05) is 97.1 Å². The predicted octanol–water partition coefficient (Wildman–Crippen LogP) is 13.0. The van der Waals surface area contributed by atoms with E-state index in [2.05, 4.69) is 156 Å². The quantitative estimate of drug-likeness (QED) is 0.175. The van der Waals surface area contributed by atoms with Gasteiger partial charge in [-0.05, 0) is 89.0 Å². The normalized spacial score (nSPS) is 11.7. The Labute approximate surface area is 338 Å². The van der Waals surface area contributed by atoms with Crippen LogP contribution in [-0.2, 0) is 0 Å². The number of benzene rings is 6. The standard InChI is InChI=1S/C53H32N6/c1-4-12-39-33(9-1)25-27-54-51(39)37-17-21-46(56-31-37)36-19-23-49-44(29-36)45-30-43(48-22-18-38(32-57-48)52-40-13-5-2-10-34(40)26-28-55-52)41-14-6-7-15-42(41)53(45)59(49)50-24-20-35-11-3-8-16-47(35)58-50/h1-32H. The second-order valence-electron chi connectivity index (χ2n) is 14.9. The Hall–Kier alpha value is -8.09. The first-order valence-corrected chi connectivity index (χ1v) is 19.7. The van der Waals surface area contributed by atoms with Gasteiger partial charge in [-0.15, -0.1) is 0 Å². The molecule has 12 rings (SSSR count). The molecule has 0 aliphatic carbocycles. The maximum Gasteiger partial charge on any atom is 0.138 e. The van der Waals surface area contributed by atoms with Crippen molar-refractivity contribution >= 4 is 65.0 Å². The fraction of sp³-hybridized carbons (Fsp3) is 0. The highest BCUT2D eigenvalue weighted by molar-refractivity contribution is 6.22. The summed E-state index contributed by atoms with van der Waals surface area (Å²) in [5, 5.41) is 10.1. The van der Waals surface area contributed by atoms with Gasteiger partial charge in [0.05, 0.1) is 39.3 Å². The van der Waals surface area contributed by atoms with Crippen molar-refractivity contribution in [2.24, 2.45) is 0 Å². The van der Waals surface area contributed by atoms with Crippen LogP contribution in [0.25, 0.3) is 116 Å². The second-order valence-corrected chi connectivity index (χ2v) is 14.9. The van der Waals surface area contributed by atoms with Gasteiger partial charge in [0.1, 0.15) is 5.82 Å². The minimum absolute atomic E-state index is 0.865. The third-order valence-electron chi connectivity index (χ3n) is 11.6. The zero-order valence-corrected chi connectivity index (χ0v) is 31.7. The molecule has 59 heavy (non-hydrogen) atoms. The van der Waals surface area contributed by atoms with Crippen LogP contribution in [-0.4, -0.2) is 29.5 Å². The average molecular weight is 753 g/mol. The molecular weight excluding hydrogens is 721 g/mol.